The van der Waals surface area contributed by atoms with Crippen molar-refractivity contribution in [2.75, 3.05) is 13.7 Å². The maximum absolute atomic E-state index is 11.0. The van der Waals surface area contributed by atoms with Crippen LogP contribution in [0.2, 0.25) is 0 Å². The van der Waals surface area contributed by atoms with Gasteiger partial charge in [0.05, 0.1) is 11.3 Å². The fourth-order valence-electron chi connectivity index (χ4n) is 2.08. The van der Waals surface area contributed by atoms with Crippen molar-refractivity contribution >= 4 is 23.5 Å². The Labute approximate surface area is 169 Å². The zero-order chi connectivity index (χ0) is 22.9. The van der Waals surface area contributed by atoms with Crippen molar-refractivity contribution in [3.05, 3.63) is 0 Å². The number of carbonyl (C=O) groups is 4. The number of ether oxygens (including phenoxy) is 1. The number of carboxylic acid groups (broad SMARTS) is 2. The lowest BCUT2D eigenvalue weighted by Crippen LogP contribution is -2.30. The molecule has 0 rings (SSSR count). The van der Waals surface area contributed by atoms with Crippen LogP contribution in [0.15, 0.2) is 0 Å². The predicted molar refractivity (Wildman–Crippen MR) is 109 cm³/mol. The van der Waals surface area contributed by atoms with E-state index in [9.17, 15) is 19.2 Å². The second kappa shape index (κ2) is 17.3. The zero-order valence-corrected chi connectivity index (χ0v) is 18.8. The second-order valence-electron chi connectivity index (χ2n) is 7.20. The molecular formula is C21H40O7. The molecule has 0 aliphatic carbocycles. The number of hydrogen-bond donors (Lipinski definition) is 2. The number of Topliss-reactive ketones (excluding diaryl/α,β-unsaturated/α-hetero) is 2. The van der Waals surface area contributed by atoms with Gasteiger partial charge in [-0.3, -0.25) is 14.4 Å². The van der Waals surface area contributed by atoms with Crippen molar-refractivity contribution < 1.29 is 34.1 Å². The van der Waals surface area contributed by atoms with Gasteiger partial charge in [0.2, 0.25) is 0 Å². The summed E-state index contributed by atoms with van der Waals surface area (Å²) < 4.78 is 4.54. The first-order valence-corrected chi connectivity index (χ1v) is 9.77. The van der Waals surface area contributed by atoms with E-state index in [4.69, 9.17) is 10.2 Å². The largest absolute Gasteiger partial charge is 0.481 e. The standard InChI is InChI=1S/C10H18O3.C8H14O3.C3H8O/c1-5-10(4,9(12)13)6-7(2)8(3)11;1-3-7(8(10)11)5-4-6(2)9;1-3-4-2/h7H,5-6H2,1-4H3,(H,12,13);7H,3-5H2,1-2H3,(H,10,11);3H2,1-2H3. The third-order valence-corrected chi connectivity index (χ3v) is 4.72. The summed E-state index contributed by atoms with van der Waals surface area (Å²) in [5.41, 5.74) is -0.759. The Kier molecular flexibility index (Phi) is 19.2. The molecule has 0 spiro atoms. The maximum atomic E-state index is 11.0. The average Bonchev–Trinajstić information content (AvgIpc) is 2.61. The number of carbonyl (C=O) groups excluding carboxylic acids is 2. The molecule has 0 bridgehead atoms. The monoisotopic (exact) mass is 404 g/mol. The van der Waals surface area contributed by atoms with Crippen LogP contribution in [0, 0.1) is 17.3 Å². The van der Waals surface area contributed by atoms with Crippen LogP contribution in [0.4, 0.5) is 0 Å². The minimum atomic E-state index is -0.817. The fraction of sp³-hybridized carbons (Fsp3) is 0.810. The van der Waals surface area contributed by atoms with Crippen molar-refractivity contribution in [3.8, 4) is 0 Å². The quantitative estimate of drug-likeness (QED) is 0.529. The number of hydrogen-bond acceptors (Lipinski definition) is 5. The number of rotatable bonds is 11. The fourth-order valence-corrected chi connectivity index (χ4v) is 2.08. The molecular weight excluding hydrogens is 364 g/mol. The summed E-state index contributed by atoms with van der Waals surface area (Å²) in [5.74, 6) is -2.01. The van der Waals surface area contributed by atoms with Crippen LogP contribution in [-0.2, 0) is 23.9 Å². The van der Waals surface area contributed by atoms with Gasteiger partial charge in [-0.05, 0) is 53.4 Å². The van der Waals surface area contributed by atoms with Gasteiger partial charge < -0.3 is 19.7 Å². The first kappa shape index (κ1) is 31.0. The summed E-state index contributed by atoms with van der Waals surface area (Å²) in [6.07, 6.45) is 2.43. The van der Waals surface area contributed by atoms with Crippen molar-refractivity contribution in [1.29, 1.82) is 0 Å². The van der Waals surface area contributed by atoms with Gasteiger partial charge in [-0.1, -0.05) is 20.8 Å². The molecule has 0 amide bonds. The molecule has 0 aromatic carbocycles. The smallest absolute Gasteiger partial charge is 0.309 e. The third kappa shape index (κ3) is 16.4. The molecule has 0 radical (unpaired) electrons. The molecule has 3 unspecified atom stereocenters. The molecule has 0 aliphatic rings. The molecule has 0 aromatic heterocycles. The van der Waals surface area contributed by atoms with E-state index >= 15 is 0 Å². The second-order valence-corrected chi connectivity index (χ2v) is 7.20. The van der Waals surface area contributed by atoms with Gasteiger partial charge in [0.25, 0.3) is 0 Å². The highest BCUT2D eigenvalue weighted by molar-refractivity contribution is 5.80. The van der Waals surface area contributed by atoms with Gasteiger partial charge in [-0.25, -0.2) is 0 Å². The molecule has 2 N–H and O–H groups in total. The van der Waals surface area contributed by atoms with E-state index in [0.717, 1.165) is 6.61 Å². The summed E-state index contributed by atoms with van der Waals surface area (Å²) in [6, 6.07) is 0. The number of ketones is 2. The number of aliphatic carboxylic acids is 2. The highest BCUT2D eigenvalue weighted by atomic mass is 16.5. The third-order valence-electron chi connectivity index (χ3n) is 4.72. The van der Waals surface area contributed by atoms with Crippen molar-refractivity contribution in [2.24, 2.45) is 17.3 Å². The highest BCUT2D eigenvalue weighted by Crippen LogP contribution is 2.30. The van der Waals surface area contributed by atoms with E-state index in [1.165, 1.54) is 13.8 Å². The number of methoxy groups -OCH3 is 1. The van der Waals surface area contributed by atoms with Gasteiger partial charge in [-0.2, -0.15) is 0 Å². The molecule has 0 saturated heterocycles. The van der Waals surface area contributed by atoms with Crippen molar-refractivity contribution in [1.82, 2.24) is 0 Å². The van der Waals surface area contributed by atoms with E-state index in [-0.39, 0.29) is 23.4 Å². The Hall–Kier alpha value is -1.76. The van der Waals surface area contributed by atoms with Crippen LogP contribution in [0.3, 0.4) is 0 Å². The normalized spacial score (nSPS) is 14.1. The van der Waals surface area contributed by atoms with E-state index in [1.807, 2.05) is 20.8 Å². The van der Waals surface area contributed by atoms with Gasteiger partial charge in [0, 0.05) is 26.1 Å². The molecule has 0 fully saturated rings. The molecule has 0 heterocycles. The Morgan fingerprint density at radius 2 is 1.50 bits per heavy atom. The number of carboxylic acids is 2. The van der Waals surface area contributed by atoms with E-state index < -0.39 is 17.4 Å². The van der Waals surface area contributed by atoms with Gasteiger partial charge in [-0.15, -0.1) is 0 Å². The lowest BCUT2D eigenvalue weighted by molar-refractivity contribution is -0.149. The lowest BCUT2D eigenvalue weighted by Gasteiger charge is -2.25. The molecule has 7 nitrogen and oxygen atoms in total. The molecule has 28 heavy (non-hydrogen) atoms. The lowest BCUT2D eigenvalue weighted by atomic mass is 9.78. The first-order valence-electron chi connectivity index (χ1n) is 9.77. The van der Waals surface area contributed by atoms with Crippen LogP contribution >= 0.6 is 0 Å². The van der Waals surface area contributed by atoms with Gasteiger partial charge in [0.1, 0.15) is 11.6 Å². The van der Waals surface area contributed by atoms with E-state index in [2.05, 4.69) is 4.74 Å². The van der Waals surface area contributed by atoms with Gasteiger partial charge >= 0.3 is 11.9 Å². The van der Waals surface area contributed by atoms with Crippen molar-refractivity contribution in [2.45, 2.75) is 80.6 Å². The first-order chi connectivity index (χ1) is 12.8. The maximum Gasteiger partial charge on any atom is 0.309 e. The summed E-state index contributed by atoms with van der Waals surface area (Å²) in [5, 5.41) is 17.5. The summed E-state index contributed by atoms with van der Waals surface area (Å²) in [7, 11) is 1.68. The van der Waals surface area contributed by atoms with Crippen LogP contribution < -0.4 is 0 Å². The Balaban J connectivity index is -0.000000378. The minimum absolute atomic E-state index is 0.0564. The van der Waals surface area contributed by atoms with Crippen molar-refractivity contribution in [3.63, 3.8) is 0 Å². The summed E-state index contributed by atoms with van der Waals surface area (Å²) in [4.78, 5) is 42.8. The zero-order valence-electron chi connectivity index (χ0n) is 18.8. The molecule has 0 aromatic rings. The Morgan fingerprint density at radius 3 is 1.71 bits per heavy atom. The highest BCUT2D eigenvalue weighted by Gasteiger charge is 2.33. The summed E-state index contributed by atoms with van der Waals surface area (Å²) >= 11 is 0. The topological polar surface area (TPSA) is 118 Å². The molecule has 0 saturated carbocycles. The van der Waals surface area contributed by atoms with E-state index in [0.29, 0.717) is 32.1 Å². The van der Waals surface area contributed by atoms with Gasteiger partial charge in [0.15, 0.2) is 0 Å². The molecule has 166 valence electrons. The Morgan fingerprint density at radius 1 is 1.04 bits per heavy atom. The minimum Gasteiger partial charge on any atom is -0.481 e. The van der Waals surface area contributed by atoms with Crippen LogP contribution in [0.5, 0.6) is 0 Å². The average molecular weight is 405 g/mol. The molecule has 7 heteroatoms. The SMILES string of the molecule is CCC(C)(CC(C)C(C)=O)C(=O)O.CCC(CCC(C)=O)C(=O)O.CCOC. The van der Waals surface area contributed by atoms with Crippen LogP contribution in [-0.4, -0.2) is 47.4 Å². The predicted octanol–water partition coefficient (Wildman–Crippen LogP) is 4.22. The van der Waals surface area contributed by atoms with Crippen LogP contribution in [0.1, 0.15) is 80.6 Å². The van der Waals surface area contributed by atoms with Crippen LogP contribution in [0.25, 0.3) is 0 Å². The Bertz CT molecular complexity index is 471. The summed E-state index contributed by atoms with van der Waals surface area (Å²) in [6.45, 7) is 12.9. The molecule has 0 aliphatic heterocycles. The van der Waals surface area contributed by atoms with E-state index in [1.54, 1.807) is 21.0 Å². The molecule has 3 atom stereocenters.